The number of carbonyl (C=O) groups excluding carboxylic acids is 1. The van der Waals surface area contributed by atoms with Crippen molar-refractivity contribution in [3.8, 4) is 0 Å². The Hall–Kier alpha value is -1.83. The Kier molecular flexibility index (Phi) is 5.14. The quantitative estimate of drug-likeness (QED) is 0.580. The van der Waals surface area contributed by atoms with Crippen LogP contribution in [0, 0.1) is 0 Å². The van der Waals surface area contributed by atoms with Gasteiger partial charge >= 0.3 is 5.97 Å². The monoisotopic (exact) mass is 422 g/mol. The van der Waals surface area contributed by atoms with Crippen LogP contribution in [0.2, 0.25) is 5.02 Å². The van der Waals surface area contributed by atoms with Crippen molar-refractivity contribution in [3.63, 3.8) is 0 Å². The van der Waals surface area contributed by atoms with E-state index in [2.05, 4.69) is 31.7 Å². The van der Waals surface area contributed by atoms with E-state index >= 15 is 0 Å². The van der Waals surface area contributed by atoms with E-state index in [0.29, 0.717) is 15.5 Å². The summed E-state index contributed by atoms with van der Waals surface area (Å²) in [4.78, 5) is 27.0. The predicted molar refractivity (Wildman–Crippen MR) is 115 cm³/mol. The molecular weight excluding hydrogens is 404 g/mol. The van der Waals surface area contributed by atoms with Crippen LogP contribution in [0.15, 0.2) is 23.1 Å². The molecule has 1 aromatic rings. The van der Waals surface area contributed by atoms with Crippen LogP contribution in [0.5, 0.6) is 0 Å². The number of carboxylic acids is 1. The molecule has 2 heterocycles. The molecule has 0 atom stereocenters. The highest BCUT2D eigenvalue weighted by Gasteiger charge is 2.34. The fourth-order valence-electron chi connectivity index (χ4n) is 3.21. The van der Waals surface area contributed by atoms with E-state index in [1.165, 1.54) is 0 Å². The number of nitrogens with zero attached hydrogens (tertiary/aromatic N) is 2. The number of carbonyl (C=O) groups is 2. The second-order valence-electron chi connectivity index (χ2n) is 7.09. The SMILES string of the molecule is CC1=CC(C)(C)N(C)c2cc(Cl)c(/C=C3/SC(=S)N(CC(=O)O)C3=O)cc21. The highest BCUT2D eigenvalue weighted by molar-refractivity contribution is 8.26. The summed E-state index contributed by atoms with van der Waals surface area (Å²) in [5.74, 6) is -1.52. The van der Waals surface area contributed by atoms with Crippen molar-refractivity contribution in [1.29, 1.82) is 0 Å². The lowest BCUT2D eigenvalue weighted by atomic mass is 9.88. The number of amides is 1. The summed E-state index contributed by atoms with van der Waals surface area (Å²) in [6.07, 6.45) is 3.87. The summed E-state index contributed by atoms with van der Waals surface area (Å²) in [5.41, 5.74) is 3.79. The van der Waals surface area contributed by atoms with Crippen molar-refractivity contribution in [2.75, 3.05) is 18.5 Å². The van der Waals surface area contributed by atoms with Gasteiger partial charge in [-0.25, -0.2) is 0 Å². The van der Waals surface area contributed by atoms with Gasteiger partial charge in [-0.15, -0.1) is 0 Å². The molecule has 0 aromatic heterocycles. The molecule has 0 spiro atoms. The van der Waals surface area contributed by atoms with Crippen LogP contribution in [-0.2, 0) is 9.59 Å². The second kappa shape index (κ2) is 6.96. The standard InChI is InChI=1S/C19H19ClN2O3S2/c1-10-8-19(2,3)21(4)14-7-13(20)11(5-12(10)14)6-15-17(25)22(9-16(23)24)18(26)27-15/h5-8H,9H2,1-4H3,(H,23,24)/b15-6+. The molecule has 0 saturated carbocycles. The minimum absolute atomic E-state index is 0.124. The summed E-state index contributed by atoms with van der Waals surface area (Å²) in [6, 6.07) is 3.86. The number of thiocarbonyl (C=S) groups is 1. The van der Waals surface area contributed by atoms with Gasteiger partial charge in [0.2, 0.25) is 0 Å². The molecule has 2 aliphatic heterocycles. The molecule has 1 N–H and O–H groups in total. The van der Waals surface area contributed by atoms with Gasteiger partial charge in [0.25, 0.3) is 5.91 Å². The molecule has 3 rings (SSSR count). The number of likely N-dealkylation sites (N-methyl/N-ethyl adjacent to an activating group) is 1. The summed E-state index contributed by atoms with van der Waals surface area (Å²) in [6.45, 7) is 5.88. The highest BCUT2D eigenvalue weighted by Crippen LogP contribution is 2.42. The van der Waals surface area contributed by atoms with Crippen molar-refractivity contribution in [2.24, 2.45) is 0 Å². The van der Waals surface area contributed by atoms with Gasteiger partial charge in [0.15, 0.2) is 0 Å². The molecule has 1 aromatic carbocycles. The van der Waals surface area contributed by atoms with E-state index < -0.39 is 18.4 Å². The zero-order chi connectivity index (χ0) is 20.1. The average Bonchev–Trinajstić information content (AvgIpc) is 2.81. The number of hydrogen-bond donors (Lipinski definition) is 1. The molecule has 5 nitrogen and oxygen atoms in total. The van der Waals surface area contributed by atoms with Crippen LogP contribution >= 0.6 is 35.6 Å². The van der Waals surface area contributed by atoms with Crippen molar-refractivity contribution in [2.45, 2.75) is 26.3 Å². The van der Waals surface area contributed by atoms with Gasteiger partial charge in [-0.05, 0) is 50.1 Å². The fourth-order valence-corrected chi connectivity index (χ4v) is 4.67. The van der Waals surface area contributed by atoms with Gasteiger partial charge in [0.1, 0.15) is 10.9 Å². The number of thioether (sulfide) groups is 1. The Morgan fingerprint density at radius 3 is 2.70 bits per heavy atom. The number of rotatable bonds is 3. The molecule has 8 heteroatoms. The molecule has 2 aliphatic rings. The third-order valence-electron chi connectivity index (χ3n) is 4.79. The van der Waals surface area contributed by atoms with Crippen LogP contribution in [-0.4, -0.2) is 45.3 Å². The van der Waals surface area contributed by atoms with Crippen LogP contribution in [0.4, 0.5) is 5.69 Å². The first-order chi connectivity index (χ1) is 12.5. The Morgan fingerprint density at radius 1 is 1.41 bits per heavy atom. The molecule has 27 heavy (non-hydrogen) atoms. The number of carboxylic acid groups (broad SMARTS) is 1. The molecule has 0 bridgehead atoms. The number of allylic oxidation sites excluding steroid dienone is 1. The Balaban J connectivity index is 2.02. The molecule has 1 amide bonds. The number of benzene rings is 1. The van der Waals surface area contributed by atoms with E-state index in [9.17, 15) is 9.59 Å². The van der Waals surface area contributed by atoms with Crippen molar-refractivity contribution in [1.82, 2.24) is 4.90 Å². The lowest BCUT2D eigenvalue weighted by Gasteiger charge is -2.40. The van der Waals surface area contributed by atoms with E-state index in [0.717, 1.165) is 33.5 Å². The smallest absolute Gasteiger partial charge is 0.323 e. The van der Waals surface area contributed by atoms with Gasteiger partial charge in [-0.3, -0.25) is 14.5 Å². The Bertz CT molecular complexity index is 937. The van der Waals surface area contributed by atoms with Gasteiger partial charge in [-0.1, -0.05) is 41.7 Å². The maximum atomic E-state index is 12.5. The first-order valence-electron chi connectivity index (χ1n) is 8.25. The van der Waals surface area contributed by atoms with Gasteiger partial charge in [0, 0.05) is 23.3 Å². The summed E-state index contributed by atoms with van der Waals surface area (Å²) < 4.78 is 0.236. The summed E-state index contributed by atoms with van der Waals surface area (Å²) in [5, 5.41) is 9.47. The van der Waals surface area contributed by atoms with Crippen molar-refractivity contribution >= 4 is 69.1 Å². The van der Waals surface area contributed by atoms with Crippen molar-refractivity contribution in [3.05, 3.63) is 39.3 Å². The second-order valence-corrected chi connectivity index (χ2v) is 9.18. The first-order valence-corrected chi connectivity index (χ1v) is 9.86. The highest BCUT2D eigenvalue weighted by atomic mass is 35.5. The van der Waals surface area contributed by atoms with Gasteiger partial charge in [-0.2, -0.15) is 0 Å². The maximum absolute atomic E-state index is 12.5. The Labute approximate surface area is 172 Å². The number of fused-ring (bicyclic) bond motifs is 1. The third kappa shape index (κ3) is 3.63. The zero-order valence-electron chi connectivity index (χ0n) is 15.4. The number of aliphatic carboxylic acids is 1. The first kappa shape index (κ1) is 19.9. The third-order valence-corrected chi connectivity index (χ3v) is 6.49. The molecule has 0 aliphatic carbocycles. The summed E-state index contributed by atoms with van der Waals surface area (Å²) >= 11 is 12.7. The molecule has 0 radical (unpaired) electrons. The molecule has 142 valence electrons. The maximum Gasteiger partial charge on any atom is 0.323 e. The Morgan fingerprint density at radius 2 is 2.07 bits per heavy atom. The lowest BCUT2D eigenvalue weighted by Crippen LogP contribution is -2.42. The van der Waals surface area contributed by atoms with Crippen LogP contribution < -0.4 is 4.90 Å². The van der Waals surface area contributed by atoms with Crippen LogP contribution in [0.25, 0.3) is 11.6 Å². The molecule has 0 unspecified atom stereocenters. The minimum Gasteiger partial charge on any atom is -0.480 e. The molecule has 1 fully saturated rings. The molecule has 1 saturated heterocycles. The zero-order valence-corrected chi connectivity index (χ0v) is 17.8. The van der Waals surface area contributed by atoms with E-state index in [4.69, 9.17) is 28.9 Å². The van der Waals surface area contributed by atoms with E-state index in [1.54, 1.807) is 6.08 Å². The van der Waals surface area contributed by atoms with Crippen molar-refractivity contribution < 1.29 is 14.7 Å². The van der Waals surface area contributed by atoms with Gasteiger partial charge in [0.05, 0.1) is 10.4 Å². The van der Waals surface area contributed by atoms with E-state index in [1.807, 2.05) is 19.2 Å². The predicted octanol–water partition coefficient (Wildman–Crippen LogP) is 4.26. The topological polar surface area (TPSA) is 60.9 Å². The van der Waals surface area contributed by atoms with Crippen LogP contribution in [0.1, 0.15) is 31.9 Å². The van der Waals surface area contributed by atoms with Gasteiger partial charge < -0.3 is 10.0 Å². The lowest BCUT2D eigenvalue weighted by molar-refractivity contribution is -0.140. The van der Waals surface area contributed by atoms with Crippen LogP contribution in [0.3, 0.4) is 0 Å². The van der Waals surface area contributed by atoms with E-state index in [-0.39, 0.29) is 9.86 Å². The average molecular weight is 423 g/mol. The molecular formula is C19H19ClN2O3S2. The number of anilines is 1. The number of halogens is 1. The largest absolute Gasteiger partial charge is 0.480 e. The normalized spacial score (nSPS) is 20.2. The minimum atomic E-state index is -1.11. The number of hydrogen-bond acceptors (Lipinski definition) is 5. The fraction of sp³-hybridized carbons (Fsp3) is 0.316. The summed E-state index contributed by atoms with van der Waals surface area (Å²) in [7, 11) is 2.02.